The molecule has 0 spiro atoms. The minimum atomic E-state index is 0.119. The van der Waals surface area contributed by atoms with Crippen LogP contribution in [-0.4, -0.2) is 43.6 Å². The Bertz CT molecular complexity index is 917. The molecule has 0 radical (unpaired) electrons. The molecule has 1 aliphatic rings. The molecule has 1 fully saturated rings. The van der Waals surface area contributed by atoms with Crippen molar-refractivity contribution in [1.29, 1.82) is 0 Å². The van der Waals surface area contributed by atoms with E-state index in [0.717, 1.165) is 51.1 Å². The van der Waals surface area contributed by atoms with Gasteiger partial charge < -0.3 is 15.1 Å². The van der Waals surface area contributed by atoms with Crippen LogP contribution < -0.4 is 15.1 Å². The number of hydrogen-bond donors (Lipinski definition) is 3. The first-order chi connectivity index (χ1) is 14.7. The largest absolute Gasteiger partial charge is 0.344 e. The molecular weight excluding hydrogens is 392 g/mol. The highest BCUT2D eigenvalue weighted by atomic mass is 32.1. The third kappa shape index (κ3) is 5.45. The Morgan fingerprint density at radius 1 is 1.03 bits per heavy atom. The lowest BCUT2D eigenvalue weighted by atomic mass is 10.0. The Morgan fingerprint density at radius 2 is 1.73 bits per heavy atom. The summed E-state index contributed by atoms with van der Waals surface area (Å²) in [5.41, 5.74) is 2.31. The first-order valence-corrected chi connectivity index (χ1v) is 11.9. The Balaban J connectivity index is 1.25. The summed E-state index contributed by atoms with van der Waals surface area (Å²) in [5.74, 6) is 0.168. The summed E-state index contributed by atoms with van der Waals surface area (Å²) in [5, 5.41) is 4.49. The molecular formula is C24H32N4OS+2. The van der Waals surface area contributed by atoms with E-state index in [0.29, 0.717) is 6.54 Å². The molecule has 1 saturated heterocycles. The van der Waals surface area contributed by atoms with E-state index in [1.54, 1.807) is 4.90 Å². The van der Waals surface area contributed by atoms with E-state index in [4.69, 9.17) is 4.98 Å². The van der Waals surface area contributed by atoms with Crippen LogP contribution in [0.5, 0.6) is 0 Å². The number of hydrogen-bond acceptors (Lipinski definition) is 3. The number of nitrogens with zero attached hydrogens (tertiary/aromatic N) is 1. The van der Waals surface area contributed by atoms with Gasteiger partial charge in [0.05, 0.1) is 16.3 Å². The fourth-order valence-corrected chi connectivity index (χ4v) is 5.33. The highest BCUT2D eigenvalue weighted by molar-refractivity contribution is 7.18. The summed E-state index contributed by atoms with van der Waals surface area (Å²) < 4.78 is 1.27. The average Bonchev–Trinajstić information content (AvgIpc) is 3.18. The van der Waals surface area contributed by atoms with Gasteiger partial charge >= 0.3 is 0 Å². The molecule has 0 unspecified atom stereocenters. The maximum absolute atomic E-state index is 12.7. The van der Waals surface area contributed by atoms with Gasteiger partial charge in [0.1, 0.15) is 37.7 Å². The zero-order valence-electron chi connectivity index (χ0n) is 17.7. The normalized spacial score (nSPS) is 20.2. The predicted octanol–water partition coefficient (Wildman–Crippen LogP) is 1.24. The van der Waals surface area contributed by atoms with Crippen LogP contribution in [0, 0.1) is 0 Å². The van der Waals surface area contributed by atoms with Gasteiger partial charge in [0, 0.05) is 0 Å². The van der Waals surface area contributed by atoms with Crippen molar-refractivity contribution in [2.75, 3.05) is 32.7 Å². The summed E-state index contributed by atoms with van der Waals surface area (Å²) >= 11 is 1.81. The topological polar surface area (TPSA) is 50.9 Å². The van der Waals surface area contributed by atoms with Crippen LogP contribution in [-0.2, 0) is 11.3 Å². The molecule has 2 aromatic carbocycles. The molecule has 1 aromatic heterocycles. The monoisotopic (exact) mass is 424 g/mol. The molecule has 5 nitrogen and oxygen atoms in total. The number of carbonyl (C=O) groups excluding carboxylic acids is 1. The van der Waals surface area contributed by atoms with Crippen LogP contribution in [0.1, 0.15) is 36.4 Å². The Labute approximate surface area is 182 Å². The van der Waals surface area contributed by atoms with Crippen molar-refractivity contribution in [3.8, 4) is 0 Å². The van der Waals surface area contributed by atoms with E-state index in [1.165, 1.54) is 20.2 Å². The van der Waals surface area contributed by atoms with E-state index < -0.39 is 0 Å². The van der Waals surface area contributed by atoms with E-state index >= 15 is 0 Å². The summed E-state index contributed by atoms with van der Waals surface area (Å²) in [7, 11) is 0. The molecule has 6 heteroatoms. The maximum Gasteiger partial charge on any atom is 0.275 e. The van der Waals surface area contributed by atoms with Gasteiger partial charge in [-0.1, -0.05) is 55.8 Å². The molecule has 4 rings (SSSR count). The van der Waals surface area contributed by atoms with Crippen LogP contribution in [0.25, 0.3) is 10.2 Å². The number of amides is 1. The van der Waals surface area contributed by atoms with Gasteiger partial charge in [0.25, 0.3) is 5.91 Å². The zero-order valence-corrected chi connectivity index (χ0v) is 18.5. The Morgan fingerprint density at radius 3 is 2.47 bits per heavy atom. The molecule has 0 saturated carbocycles. The SMILES string of the molecule is CCC[C@H](NC(=O)C[NH+]1CC[NH+](Cc2nc3ccccc3s2)CC1)c1ccccc1. The van der Waals surface area contributed by atoms with E-state index in [9.17, 15) is 4.79 Å². The minimum Gasteiger partial charge on any atom is -0.344 e. The molecule has 0 aliphatic carbocycles. The average molecular weight is 425 g/mol. The van der Waals surface area contributed by atoms with E-state index in [-0.39, 0.29) is 11.9 Å². The summed E-state index contributed by atoms with van der Waals surface area (Å²) in [6.45, 7) is 7.99. The third-order valence-electron chi connectivity index (χ3n) is 5.93. The van der Waals surface area contributed by atoms with Crippen LogP contribution in [0.4, 0.5) is 0 Å². The van der Waals surface area contributed by atoms with Crippen LogP contribution in [0.15, 0.2) is 54.6 Å². The summed E-state index contributed by atoms with van der Waals surface area (Å²) in [6, 6.07) is 18.8. The highest BCUT2D eigenvalue weighted by Gasteiger charge is 2.26. The second-order valence-electron chi connectivity index (χ2n) is 8.25. The number of para-hydroxylation sites is 1. The Hall–Kier alpha value is -2.28. The maximum atomic E-state index is 12.7. The number of fused-ring (bicyclic) bond motifs is 1. The molecule has 1 aliphatic heterocycles. The second-order valence-corrected chi connectivity index (χ2v) is 9.36. The number of piperazine rings is 1. The standard InChI is InChI=1S/C24H30N4OS/c1-2-8-20(19-9-4-3-5-10-19)25-23(29)17-27-13-15-28(16-14-27)18-24-26-21-11-6-7-12-22(21)30-24/h3-7,9-12,20H,2,8,13-18H2,1H3,(H,25,29)/p+2/t20-/m0/s1. The quantitative estimate of drug-likeness (QED) is 0.510. The number of carbonyl (C=O) groups is 1. The van der Waals surface area contributed by atoms with Crippen molar-refractivity contribution in [2.24, 2.45) is 0 Å². The number of benzene rings is 2. The molecule has 3 aromatic rings. The molecule has 1 atom stereocenters. The smallest absolute Gasteiger partial charge is 0.275 e. The predicted molar refractivity (Wildman–Crippen MR) is 122 cm³/mol. The summed E-state index contributed by atoms with van der Waals surface area (Å²) in [4.78, 5) is 20.4. The fourth-order valence-electron chi connectivity index (χ4n) is 4.29. The number of nitrogens with one attached hydrogen (secondary N) is 3. The molecule has 2 heterocycles. The molecule has 0 bridgehead atoms. The number of aromatic nitrogens is 1. The van der Waals surface area contributed by atoms with Crippen molar-refractivity contribution in [2.45, 2.75) is 32.4 Å². The lowest BCUT2D eigenvalue weighted by Crippen LogP contribution is -3.28. The van der Waals surface area contributed by atoms with Crippen molar-refractivity contribution in [3.63, 3.8) is 0 Å². The minimum absolute atomic E-state index is 0.119. The van der Waals surface area contributed by atoms with Crippen molar-refractivity contribution >= 4 is 27.5 Å². The first kappa shape index (κ1) is 21.0. The third-order valence-corrected chi connectivity index (χ3v) is 6.97. The molecule has 30 heavy (non-hydrogen) atoms. The number of rotatable bonds is 8. The van der Waals surface area contributed by atoms with Gasteiger partial charge in [0.15, 0.2) is 6.54 Å². The molecule has 1 amide bonds. The van der Waals surface area contributed by atoms with Gasteiger partial charge in [-0.3, -0.25) is 4.79 Å². The van der Waals surface area contributed by atoms with Crippen molar-refractivity contribution in [3.05, 3.63) is 65.2 Å². The van der Waals surface area contributed by atoms with Crippen molar-refractivity contribution < 1.29 is 14.6 Å². The lowest BCUT2D eigenvalue weighted by Gasteiger charge is -2.29. The highest BCUT2D eigenvalue weighted by Crippen LogP contribution is 2.20. The van der Waals surface area contributed by atoms with Crippen molar-refractivity contribution in [1.82, 2.24) is 10.3 Å². The Kier molecular flexibility index (Phi) is 7.10. The van der Waals surface area contributed by atoms with Crippen LogP contribution >= 0.6 is 11.3 Å². The van der Waals surface area contributed by atoms with Gasteiger partial charge in [0.2, 0.25) is 0 Å². The van der Waals surface area contributed by atoms with Gasteiger partial charge in [-0.15, -0.1) is 11.3 Å². The van der Waals surface area contributed by atoms with Gasteiger partial charge in [-0.2, -0.15) is 0 Å². The molecule has 158 valence electrons. The first-order valence-electron chi connectivity index (χ1n) is 11.1. The van der Waals surface area contributed by atoms with Gasteiger partial charge in [-0.25, -0.2) is 4.98 Å². The zero-order chi connectivity index (χ0) is 20.8. The molecule has 3 N–H and O–H groups in total. The number of quaternary nitrogens is 2. The second kappa shape index (κ2) is 10.2. The fraction of sp³-hybridized carbons (Fsp3) is 0.417. The summed E-state index contributed by atoms with van der Waals surface area (Å²) in [6.07, 6.45) is 2.03. The lowest BCUT2D eigenvalue weighted by molar-refractivity contribution is -1.02. The van der Waals surface area contributed by atoms with E-state index in [2.05, 4.69) is 48.6 Å². The van der Waals surface area contributed by atoms with Crippen LogP contribution in [0.2, 0.25) is 0 Å². The number of thiazole rings is 1. The van der Waals surface area contributed by atoms with E-state index in [1.807, 2.05) is 29.5 Å². The van der Waals surface area contributed by atoms with Crippen LogP contribution in [0.3, 0.4) is 0 Å². The van der Waals surface area contributed by atoms with Gasteiger partial charge in [-0.05, 0) is 24.1 Å².